The SMILES string of the molecule is Cc1cccc(CN(C)c2ccc(Cl)cc2C#N)c1. The predicted molar refractivity (Wildman–Crippen MR) is 79.5 cm³/mol. The van der Waals surface area contributed by atoms with E-state index in [1.165, 1.54) is 11.1 Å². The van der Waals surface area contributed by atoms with E-state index in [1.54, 1.807) is 6.07 Å². The Labute approximate surface area is 118 Å². The van der Waals surface area contributed by atoms with Gasteiger partial charge in [0, 0.05) is 18.6 Å². The second-order valence-electron chi connectivity index (χ2n) is 4.62. The van der Waals surface area contributed by atoms with Crippen LogP contribution in [0.4, 0.5) is 5.69 Å². The summed E-state index contributed by atoms with van der Waals surface area (Å²) in [5.74, 6) is 0. The fourth-order valence-electron chi connectivity index (χ4n) is 2.10. The number of rotatable bonds is 3. The van der Waals surface area contributed by atoms with Gasteiger partial charge in [-0.15, -0.1) is 0 Å². The third-order valence-electron chi connectivity index (χ3n) is 2.99. The lowest BCUT2D eigenvalue weighted by Crippen LogP contribution is -2.17. The third-order valence-corrected chi connectivity index (χ3v) is 3.23. The Balaban J connectivity index is 2.25. The van der Waals surface area contributed by atoms with Gasteiger partial charge in [-0.1, -0.05) is 41.4 Å². The lowest BCUT2D eigenvalue weighted by molar-refractivity contribution is 0.919. The van der Waals surface area contributed by atoms with Crippen LogP contribution in [0.25, 0.3) is 0 Å². The van der Waals surface area contributed by atoms with Gasteiger partial charge in [0.2, 0.25) is 0 Å². The van der Waals surface area contributed by atoms with Gasteiger partial charge in [-0.25, -0.2) is 0 Å². The minimum Gasteiger partial charge on any atom is -0.369 e. The molecule has 2 rings (SSSR count). The van der Waals surface area contributed by atoms with Crippen molar-refractivity contribution in [3.8, 4) is 6.07 Å². The Kier molecular flexibility index (Phi) is 4.09. The molecular formula is C16H15ClN2. The van der Waals surface area contributed by atoms with E-state index in [2.05, 4.69) is 36.1 Å². The number of benzene rings is 2. The second kappa shape index (κ2) is 5.77. The number of hydrogen-bond acceptors (Lipinski definition) is 2. The molecule has 0 aliphatic rings. The smallest absolute Gasteiger partial charge is 0.101 e. The van der Waals surface area contributed by atoms with Gasteiger partial charge >= 0.3 is 0 Å². The van der Waals surface area contributed by atoms with Crippen LogP contribution in [0.1, 0.15) is 16.7 Å². The number of hydrogen-bond donors (Lipinski definition) is 0. The van der Waals surface area contributed by atoms with Gasteiger partial charge in [0.1, 0.15) is 6.07 Å². The maximum absolute atomic E-state index is 9.17. The predicted octanol–water partition coefficient (Wildman–Crippen LogP) is 4.16. The van der Waals surface area contributed by atoms with Gasteiger partial charge in [0.25, 0.3) is 0 Å². The molecule has 0 saturated carbocycles. The lowest BCUT2D eigenvalue weighted by Gasteiger charge is -2.21. The summed E-state index contributed by atoms with van der Waals surface area (Å²) in [7, 11) is 1.98. The Morgan fingerprint density at radius 1 is 1.21 bits per heavy atom. The van der Waals surface area contributed by atoms with E-state index >= 15 is 0 Å². The summed E-state index contributed by atoms with van der Waals surface area (Å²) >= 11 is 5.91. The number of nitriles is 1. The van der Waals surface area contributed by atoms with E-state index in [4.69, 9.17) is 16.9 Å². The van der Waals surface area contributed by atoms with E-state index in [0.29, 0.717) is 10.6 Å². The van der Waals surface area contributed by atoms with Gasteiger partial charge in [-0.05, 0) is 30.7 Å². The van der Waals surface area contributed by atoms with Crippen molar-refractivity contribution in [2.24, 2.45) is 0 Å². The minimum absolute atomic E-state index is 0.587. The summed E-state index contributed by atoms with van der Waals surface area (Å²) < 4.78 is 0. The Bertz CT molecular complexity index is 629. The molecule has 0 aliphatic carbocycles. The first-order valence-corrected chi connectivity index (χ1v) is 6.44. The van der Waals surface area contributed by atoms with Gasteiger partial charge in [-0.3, -0.25) is 0 Å². The van der Waals surface area contributed by atoms with Crippen LogP contribution in [0.2, 0.25) is 5.02 Å². The summed E-state index contributed by atoms with van der Waals surface area (Å²) in [5.41, 5.74) is 3.96. The van der Waals surface area contributed by atoms with Crippen LogP contribution in [0, 0.1) is 18.3 Å². The second-order valence-corrected chi connectivity index (χ2v) is 5.05. The molecule has 0 bridgehead atoms. The van der Waals surface area contributed by atoms with Crippen LogP contribution in [0.3, 0.4) is 0 Å². The van der Waals surface area contributed by atoms with Crippen LogP contribution < -0.4 is 4.90 Å². The molecule has 3 heteroatoms. The molecule has 2 nitrogen and oxygen atoms in total. The first-order chi connectivity index (χ1) is 9.10. The standard InChI is InChI=1S/C16H15ClN2/c1-12-4-3-5-13(8-12)11-19(2)16-7-6-15(17)9-14(16)10-18/h3-9H,11H2,1-2H3. The van der Waals surface area contributed by atoms with E-state index in [0.717, 1.165) is 12.2 Å². The quantitative estimate of drug-likeness (QED) is 0.837. The largest absolute Gasteiger partial charge is 0.369 e. The fraction of sp³-hybridized carbons (Fsp3) is 0.188. The Morgan fingerprint density at radius 2 is 2.00 bits per heavy atom. The van der Waals surface area contributed by atoms with Crippen LogP contribution in [0.5, 0.6) is 0 Å². The number of nitrogens with zero attached hydrogens (tertiary/aromatic N) is 2. The lowest BCUT2D eigenvalue weighted by atomic mass is 10.1. The number of anilines is 1. The molecule has 0 atom stereocenters. The van der Waals surface area contributed by atoms with Crippen LogP contribution in [-0.2, 0) is 6.54 Å². The average Bonchev–Trinajstić information content (AvgIpc) is 2.38. The van der Waals surface area contributed by atoms with Gasteiger partial charge < -0.3 is 4.90 Å². The Hall–Kier alpha value is -1.98. The molecule has 0 unspecified atom stereocenters. The molecule has 0 fully saturated rings. The van der Waals surface area contributed by atoms with Crippen molar-refractivity contribution in [3.63, 3.8) is 0 Å². The highest BCUT2D eigenvalue weighted by molar-refractivity contribution is 6.30. The van der Waals surface area contributed by atoms with Crippen LogP contribution in [0.15, 0.2) is 42.5 Å². The molecule has 0 N–H and O–H groups in total. The third kappa shape index (κ3) is 3.27. The first-order valence-electron chi connectivity index (χ1n) is 6.06. The molecule has 96 valence electrons. The van der Waals surface area contributed by atoms with Crippen molar-refractivity contribution < 1.29 is 0 Å². The van der Waals surface area contributed by atoms with E-state index in [1.807, 2.05) is 25.2 Å². The van der Waals surface area contributed by atoms with Gasteiger partial charge in [0.05, 0.1) is 11.3 Å². The highest BCUT2D eigenvalue weighted by Gasteiger charge is 2.08. The minimum atomic E-state index is 0.587. The fourth-order valence-corrected chi connectivity index (χ4v) is 2.27. The zero-order valence-corrected chi connectivity index (χ0v) is 11.8. The molecule has 2 aromatic rings. The van der Waals surface area contributed by atoms with E-state index < -0.39 is 0 Å². The highest BCUT2D eigenvalue weighted by atomic mass is 35.5. The van der Waals surface area contributed by atoms with E-state index in [-0.39, 0.29) is 0 Å². The monoisotopic (exact) mass is 270 g/mol. The summed E-state index contributed by atoms with van der Waals surface area (Å²) in [5, 5.41) is 9.75. The summed E-state index contributed by atoms with van der Waals surface area (Å²) in [6, 6.07) is 15.9. The zero-order chi connectivity index (χ0) is 13.8. The molecule has 2 aromatic carbocycles. The van der Waals surface area contributed by atoms with Crippen molar-refractivity contribution in [1.29, 1.82) is 5.26 Å². The molecular weight excluding hydrogens is 256 g/mol. The van der Waals surface area contributed by atoms with Crippen molar-refractivity contribution in [3.05, 3.63) is 64.2 Å². The van der Waals surface area contributed by atoms with Crippen LogP contribution >= 0.6 is 11.6 Å². The summed E-state index contributed by atoms with van der Waals surface area (Å²) in [6.07, 6.45) is 0. The summed E-state index contributed by atoms with van der Waals surface area (Å²) in [6.45, 7) is 2.84. The van der Waals surface area contributed by atoms with Gasteiger partial charge in [0.15, 0.2) is 0 Å². The molecule has 19 heavy (non-hydrogen) atoms. The molecule has 0 heterocycles. The molecule has 0 spiro atoms. The van der Waals surface area contributed by atoms with Crippen molar-refractivity contribution >= 4 is 17.3 Å². The van der Waals surface area contributed by atoms with Gasteiger partial charge in [-0.2, -0.15) is 5.26 Å². The molecule has 0 aliphatic heterocycles. The maximum atomic E-state index is 9.17. The molecule has 0 aromatic heterocycles. The van der Waals surface area contributed by atoms with Crippen molar-refractivity contribution in [1.82, 2.24) is 0 Å². The number of aryl methyl sites for hydroxylation is 1. The molecule has 0 saturated heterocycles. The highest BCUT2D eigenvalue weighted by Crippen LogP contribution is 2.24. The topological polar surface area (TPSA) is 27.0 Å². The maximum Gasteiger partial charge on any atom is 0.101 e. The average molecular weight is 271 g/mol. The van der Waals surface area contributed by atoms with E-state index in [9.17, 15) is 0 Å². The number of halogens is 1. The summed E-state index contributed by atoms with van der Waals surface area (Å²) in [4.78, 5) is 2.06. The molecule has 0 amide bonds. The zero-order valence-electron chi connectivity index (χ0n) is 11.0. The molecule has 0 radical (unpaired) electrons. The normalized spacial score (nSPS) is 10.0. The van der Waals surface area contributed by atoms with Crippen LogP contribution in [-0.4, -0.2) is 7.05 Å². The first kappa shape index (κ1) is 13.5. The van der Waals surface area contributed by atoms with Crippen molar-refractivity contribution in [2.45, 2.75) is 13.5 Å². The Morgan fingerprint density at radius 3 is 2.68 bits per heavy atom. The van der Waals surface area contributed by atoms with Crippen molar-refractivity contribution in [2.75, 3.05) is 11.9 Å².